The maximum Gasteiger partial charge on any atom is 0.227 e. The van der Waals surface area contributed by atoms with Gasteiger partial charge in [-0.05, 0) is 47.7 Å². The first-order valence-electron chi connectivity index (χ1n) is 8.42. The van der Waals surface area contributed by atoms with E-state index in [2.05, 4.69) is 51.2 Å². The first-order chi connectivity index (χ1) is 12.4. The van der Waals surface area contributed by atoms with Gasteiger partial charge in [0.2, 0.25) is 5.95 Å². The van der Waals surface area contributed by atoms with Crippen LogP contribution in [0.2, 0.25) is 19.6 Å². The third-order valence-electron chi connectivity index (χ3n) is 3.64. The highest BCUT2D eigenvalue weighted by Crippen LogP contribution is 2.18. The van der Waals surface area contributed by atoms with E-state index in [4.69, 9.17) is 11.8 Å². The maximum absolute atomic E-state index is 5.52. The van der Waals surface area contributed by atoms with Crippen LogP contribution in [0, 0.1) is 11.5 Å². The number of aromatic nitrogens is 2. The predicted molar refractivity (Wildman–Crippen MR) is 112 cm³/mol. The second kappa shape index (κ2) is 7.88. The molecule has 6 heteroatoms. The van der Waals surface area contributed by atoms with Gasteiger partial charge in [0.15, 0.2) is 0 Å². The molecule has 0 spiro atoms. The highest BCUT2D eigenvalue weighted by Gasteiger charge is 2.07. The Kier molecular flexibility index (Phi) is 5.57. The number of benzene rings is 2. The molecule has 1 aromatic heterocycles. The monoisotopic (exact) mass is 380 g/mol. The molecule has 0 unspecified atom stereocenters. The molecular formula is C20H21ClN4Si. The van der Waals surface area contributed by atoms with Crippen LogP contribution in [0.15, 0.2) is 48.7 Å². The zero-order chi connectivity index (χ0) is 18.6. The van der Waals surface area contributed by atoms with Crippen molar-refractivity contribution < 1.29 is 0 Å². The van der Waals surface area contributed by atoms with E-state index < -0.39 is 8.07 Å². The molecule has 0 radical (unpaired) electrons. The zero-order valence-electron chi connectivity index (χ0n) is 15.1. The Labute approximate surface area is 160 Å². The van der Waals surface area contributed by atoms with E-state index in [0.717, 1.165) is 27.7 Å². The quantitative estimate of drug-likeness (QED) is 0.386. The highest BCUT2D eigenvalue weighted by molar-refractivity contribution is 6.83. The van der Waals surface area contributed by atoms with Gasteiger partial charge in [0.1, 0.15) is 8.07 Å². The van der Waals surface area contributed by atoms with Crippen molar-refractivity contribution in [3.63, 3.8) is 0 Å². The minimum Gasteiger partial charge on any atom is -0.324 e. The lowest BCUT2D eigenvalue weighted by atomic mass is 10.1. The highest BCUT2D eigenvalue weighted by atomic mass is 35.5. The number of nitrogens with one attached hydrogen (secondary N) is 2. The number of anilines is 2. The summed E-state index contributed by atoms with van der Waals surface area (Å²) in [5, 5.41) is 4.21. The molecule has 2 aromatic carbocycles. The van der Waals surface area contributed by atoms with Gasteiger partial charge in [-0.25, -0.2) is 14.8 Å². The van der Waals surface area contributed by atoms with E-state index in [1.54, 1.807) is 0 Å². The van der Waals surface area contributed by atoms with Gasteiger partial charge in [0.05, 0.1) is 5.52 Å². The summed E-state index contributed by atoms with van der Waals surface area (Å²) in [5.41, 5.74) is 7.32. The van der Waals surface area contributed by atoms with Gasteiger partial charge in [-0.2, -0.15) is 0 Å². The molecule has 0 bridgehead atoms. The summed E-state index contributed by atoms with van der Waals surface area (Å²) in [6.45, 7) is 7.33. The van der Waals surface area contributed by atoms with Gasteiger partial charge < -0.3 is 5.32 Å². The molecule has 0 saturated heterocycles. The van der Waals surface area contributed by atoms with E-state index >= 15 is 0 Å². The summed E-state index contributed by atoms with van der Waals surface area (Å²) >= 11 is 5.52. The molecule has 132 valence electrons. The molecule has 3 rings (SSSR count). The number of nitrogens with zero attached hydrogens (tertiary/aromatic N) is 2. The van der Waals surface area contributed by atoms with E-state index in [1.807, 2.05) is 48.7 Å². The molecule has 0 fully saturated rings. The molecule has 0 aliphatic heterocycles. The Morgan fingerprint density at radius 1 is 1.08 bits per heavy atom. The third-order valence-corrected chi connectivity index (χ3v) is 4.65. The van der Waals surface area contributed by atoms with Crippen molar-refractivity contribution >= 4 is 42.4 Å². The van der Waals surface area contributed by atoms with Gasteiger partial charge in [0, 0.05) is 29.4 Å². The zero-order valence-corrected chi connectivity index (χ0v) is 16.9. The number of halogens is 1. The molecule has 0 aliphatic rings. The summed E-state index contributed by atoms with van der Waals surface area (Å²) in [6, 6.07) is 14.0. The molecule has 3 aromatic rings. The maximum atomic E-state index is 5.52. The predicted octanol–water partition coefficient (Wildman–Crippen LogP) is 4.85. The molecular weight excluding hydrogens is 360 g/mol. The summed E-state index contributed by atoms with van der Waals surface area (Å²) < 4.78 is 0. The van der Waals surface area contributed by atoms with Crippen LogP contribution in [0.3, 0.4) is 0 Å². The Morgan fingerprint density at radius 3 is 2.54 bits per heavy atom. The second-order valence-corrected chi connectivity index (χ2v) is 12.1. The minimum atomic E-state index is -1.38. The van der Waals surface area contributed by atoms with Crippen LogP contribution in [0.5, 0.6) is 0 Å². The fraction of sp³-hybridized carbons (Fsp3) is 0.200. The molecule has 0 saturated carbocycles. The van der Waals surface area contributed by atoms with Crippen molar-refractivity contribution in [2.75, 3.05) is 5.32 Å². The van der Waals surface area contributed by atoms with Gasteiger partial charge in [-0.3, -0.25) is 0 Å². The van der Waals surface area contributed by atoms with Crippen molar-refractivity contribution in [1.29, 1.82) is 0 Å². The lowest BCUT2D eigenvalue weighted by Gasteiger charge is -2.07. The summed E-state index contributed by atoms with van der Waals surface area (Å²) in [5.74, 6) is 3.84. The van der Waals surface area contributed by atoms with Gasteiger partial charge in [0.25, 0.3) is 0 Å². The molecule has 0 aliphatic carbocycles. The summed E-state index contributed by atoms with van der Waals surface area (Å²) in [7, 11) is -1.38. The van der Waals surface area contributed by atoms with E-state index in [-0.39, 0.29) is 0 Å². The van der Waals surface area contributed by atoms with Crippen molar-refractivity contribution in [2.45, 2.75) is 26.2 Å². The van der Waals surface area contributed by atoms with Gasteiger partial charge in [-0.15, -0.1) is 5.54 Å². The van der Waals surface area contributed by atoms with Gasteiger partial charge in [-0.1, -0.05) is 37.7 Å². The Balaban J connectivity index is 1.79. The number of fused-ring (bicyclic) bond motifs is 1. The molecule has 0 amide bonds. The fourth-order valence-electron chi connectivity index (χ4n) is 2.34. The van der Waals surface area contributed by atoms with E-state index in [0.29, 0.717) is 12.5 Å². The van der Waals surface area contributed by atoms with E-state index in [1.165, 1.54) is 0 Å². The van der Waals surface area contributed by atoms with Crippen molar-refractivity contribution in [3.8, 4) is 11.5 Å². The molecule has 1 heterocycles. The average Bonchev–Trinajstić information content (AvgIpc) is 2.61. The lowest BCUT2D eigenvalue weighted by Crippen LogP contribution is -2.16. The van der Waals surface area contributed by atoms with Crippen LogP contribution in [0.25, 0.3) is 10.9 Å². The topological polar surface area (TPSA) is 49.8 Å². The molecule has 26 heavy (non-hydrogen) atoms. The van der Waals surface area contributed by atoms with Gasteiger partial charge >= 0.3 is 0 Å². The van der Waals surface area contributed by atoms with Crippen LogP contribution in [-0.4, -0.2) is 18.0 Å². The average molecular weight is 381 g/mol. The first-order valence-corrected chi connectivity index (χ1v) is 12.3. The Hall–Kier alpha value is -2.39. The molecule has 4 nitrogen and oxygen atoms in total. The second-order valence-electron chi connectivity index (χ2n) is 7.10. The van der Waals surface area contributed by atoms with Crippen molar-refractivity contribution in [3.05, 3.63) is 59.8 Å². The third kappa shape index (κ3) is 5.05. The van der Waals surface area contributed by atoms with Crippen LogP contribution in [0.1, 0.15) is 11.1 Å². The SMILES string of the molecule is C[Si](C)(C)C#Cc1ccc2nc(Nc3ccc(CNCl)cc3)ncc2c1. The molecule has 2 N–H and O–H groups in total. The standard InChI is InChI=1S/C20H21ClN4Si/c1-26(2,3)11-10-15-6-9-19-17(12-15)14-22-20(25-19)24-18-7-4-16(5-8-18)13-23-21/h4-9,12,14,23H,13H2,1-3H3,(H,22,24,25). The van der Waals surface area contributed by atoms with Crippen LogP contribution >= 0.6 is 11.8 Å². The summed E-state index contributed by atoms with van der Waals surface area (Å²) in [4.78, 5) is 11.6. The minimum absolute atomic E-state index is 0.571. The first kappa shape index (κ1) is 18.4. The van der Waals surface area contributed by atoms with Crippen LogP contribution in [-0.2, 0) is 6.54 Å². The van der Waals surface area contributed by atoms with Crippen LogP contribution < -0.4 is 10.2 Å². The normalized spacial score (nSPS) is 11.1. The van der Waals surface area contributed by atoms with Crippen LogP contribution in [0.4, 0.5) is 11.6 Å². The van der Waals surface area contributed by atoms with Crippen molar-refractivity contribution in [1.82, 2.24) is 14.8 Å². The van der Waals surface area contributed by atoms with Crippen molar-refractivity contribution in [2.24, 2.45) is 0 Å². The smallest absolute Gasteiger partial charge is 0.227 e. The molecule has 0 atom stereocenters. The Morgan fingerprint density at radius 2 is 1.85 bits per heavy atom. The Bertz CT molecular complexity index is 969. The fourth-order valence-corrected chi connectivity index (χ4v) is 3.02. The van der Waals surface area contributed by atoms with E-state index in [9.17, 15) is 0 Å². The largest absolute Gasteiger partial charge is 0.324 e. The number of hydrogen-bond donors (Lipinski definition) is 2. The number of hydrogen-bond acceptors (Lipinski definition) is 4. The summed E-state index contributed by atoms with van der Waals surface area (Å²) in [6.07, 6.45) is 1.83. The lowest BCUT2D eigenvalue weighted by molar-refractivity contribution is 0.964. The number of rotatable bonds is 4.